The van der Waals surface area contributed by atoms with Crippen LogP contribution in [0.2, 0.25) is 0 Å². The molecule has 1 saturated heterocycles. The van der Waals surface area contributed by atoms with Gasteiger partial charge in [-0.3, -0.25) is 0 Å². The molecule has 192 valence electrons. The molecule has 0 radical (unpaired) electrons. The SMILES string of the molecule is COc1ccc(N2CCCCC2)cc1[C@H]1CCCn2nc(-c3ccc(-n4cnc(C)c4)c(OC)n3)nc21. The number of pyridine rings is 1. The molecule has 2 aliphatic rings. The minimum absolute atomic E-state index is 0.116. The van der Waals surface area contributed by atoms with E-state index in [0.717, 1.165) is 55.4 Å². The van der Waals surface area contributed by atoms with E-state index in [9.17, 15) is 0 Å². The van der Waals surface area contributed by atoms with Gasteiger partial charge >= 0.3 is 0 Å². The Morgan fingerprint density at radius 1 is 0.919 bits per heavy atom. The molecule has 3 aromatic heterocycles. The molecule has 0 spiro atoms. The number of methoxy groups -OCH3 is 2. The van der Waals surface area contributed by atoms with Crippen molar-refractivity contribution in [1.29, 1.82) is 0 Å². The van der Waals surface area contributed by atoms with Crippen molar-refractivity contribution in [3.8, 4) is 28.8 Å². The van der Waals surface area contributed by atoms with E-state index in [1.807, 2.05) is 34.5 Å². The fourth-order valence-electron chi connectivity index (χ4n) is 5.55. The van der Waals surface area contributed by atoms with E-state index in [0.29, 0.717) is 17.4 Å². The average molecular weight is 500 g/mol. The maximum absolute atomic E-state index is 5.82. The Labute approximate surface area is 217 Å². The molecule has 1 atom stereocenters. The molecular weight excluding hydrogens is 466 g/mol. The monoisotopic (exact) mass is 499 g/mol. The molecule has 9 heteroatoms. The van der Waals surface area contributed by atoms with Gasteiger partial charge in [0.25, 0.3) is 0 Å². The number of nitrogens with zero attached hydrogens (tertiary/aromatic N) is 7. The molecule has 0 amide bonds. The van der Waals surface area contributed by atoms with Gasteiger partial charge in [-0.1, -0.05) is 0 Å². The zero-order valence-corrected chi connectivity index (χ0v) is 21.7. The lowest BCUT2D eigenvalue weighted by Gasteiger charge is -2.31. The number of anilines is 1. The van der Waals surface area contributed by atoms with Gasteiger partial charge in [0.15, 0.2) is 5.82 Å². The number of imidazole rings is 1. The third-order valence-electron chi connectivity index (χ3n) is 7.44. The van der Waals surface area contributed by atoms with Crippen molar-refractivity contribution >= 4 is 5.69 Å². The zero-order chi connectivity index (χ0) is 25.4. The molecule has 1 aromatic carbocycles. The topological polar surface area (TPSA) is 83.1 Å². The molecule has 4 aromatic rings. The van der Waals surface area contributed by atoms with E-state index >= 15 is 0 Å². The Kier molecular flexibility index (Phi) is 6.28. The summed E-state index contributed by atoms with van der Waals surface area (Å²) in [6.07, 6.45) is 9.56. The van der Waals surface area contributed by atoms with E-state index in [2.05, 4.69) is 28.1 Å². The first-order valence-electron chi connectivity index (χ1n) is 13.1. The smallest absolute Gasteiger partial charge is 0.238 e. The number of fused-ring (bicyclic) bond motifs is 1. The highest BCUT2D eigenvalue weighted by Gasteiger charge is 2.29. The minimum atomic E-state index is 0.116. The fourth-order valence-corrected chi connectivity index (χ4v) is 5.55. The molecule has 0 aliphatic carbocycles. The van der Waals surface area contributed by atoms with Gasteiger partial charge in [-0.25, -0.2) is 19.6 Å². The highest BCUT2D eigenvalue weighted by atomic mass is 16.5. The molecule has 5 heterocycles. The first-order valence-corrected chi connectivity index (χ1v) is 13.1. The maximum atomic E-state index is 5.82. The molecule has 0 bridgehead atoms. The number of aryl methyl sites for hydroxylation is 2. The Morgan fingerprint density at radius 2 is 1.78 bits per heavy atom. The second-order valence-corrected chi connectivity index (χ2v) is 9.83. The van der Waals surface area contributed by atoms with Crippen molar-refractivity contribution in [3.05, 3.63) is 59.9 Å². The van der Waals surface area contributed by atoms with Crippen LogP contribution in [-0.2, 0) is 6.54 Å². The van der Waals surface area contributed by atoms with Crippen LogP contribution >= 0.6 is 0 Å². The summed E-state index contributed by atoms with van der Waals surface area (Å²) < 4.78 is 15.4. The number of hydrogen-bond acceptors (Lipinski definition) is 7. The highest BCUT2D eigenvalue weighted by Crippen LogP contribution is 2.40. The van der Waals surface area contributed by atoms with Crippen molar-refractivity contribution in [2.24, 2.45) is 0 Å². The van der Waals surface area contributed by atoms with Crippen LogP contribution in [0.4, 0.5) is 5.69 Å². The summed E-state index contributed by atoms with van der Waals surface area (Å²) in [5, 5.41) is 4.86. The van der Waals surface area contributed by atoms with Gasteiger partial charge in [-0.15, -0.1) is 5.10 Å². The lowest BCUT2D eigenvalue weighted by molar-refractivity contribution is 0.393. The fraction of sp³-hybridized carbons (Fsp3) is 0.429. The molecule has 0 unspecified atom stereocenters. The maximum Gasteiger partial charge on any atom is 0.238 e. The van der Waals surface area contributed by atoms with Crippen molar-refractivity contribution in [2.75, 3.05) is 32.2 Å². The van der Waals surface area contributed by atoms with E-state index in [-0.39, 0.29) is 5.92 Å². The van der Waals surface area contributed by atoms with Crippen LogP contribution in [0.1, 0.15) is 55.1 Å². The second kappa shape index (κ2) is 9.88. The third-order valence-corrected chi connectivity index (χ3v) is 7.44. The quantitative estimate of drug-likeness (QED) is 0.378. The van der Waals surface area contributed by atoms with Crippen LogP contribution in [0, 0.1) is 6.92 Å². The van der Waals surface area contributed by atoms with Gasteiger partial charge in [0.1, 0.15) is 23.0 Å². The molecule has 37 heavy (non-hydrogen) atoms. The van der Waals surface area contributed by atoms with Crippen LogP contribution in [0.3, 0.4) is 0 Å². The Morgan fingerprint density at radius 3 is 2.54 bits per heavy atom. The summed E-state index contributed by atoms with van der Waals surface area (Å²) in [4.78, 5) is 16.6. The van der Waals surface area contributed by atoms with Crippen molar-refractivity contribution < 1.29 is 9.47 Å². The average Bonchev–Trinajstić information content (AvgIpc) is 3.59. The van der Waals surface area contributed by atoms with Crippen molar-refractivity contribution in [3.63, 3.8) is 0 Å². The van der Waals surface area contributed by atoms with Crippen molar-refractivity contribution in [1.82, 2.24) is 29.3 Å². The normalized spacial score (nSPS) is 17.5. The van der Waals surface area contributed by atoms with E-state index < -0.39 is 0 Å². The number of ether oxygens (including phenoxy) is 2. The molecule has 2 aliphatic heterocycles. The van der Waals surface area contributed by atoms with Crippen molar-refractivity contribution in [2.45, 2.75) is 51.5 Å². The summed E-state index contributed by atoms with van der Waals surface area (Å²) in [5.74, 6) is 3.11. The summed E-state index contributed by atoms with van der Waals surface area (Å²) in [6.45, 7) is 5.02. The van der Waals surface area contributed by atoms with E-state index in [4.69, 9.17) is 24.5 Å². The highest BCUT2D eigenvalue weighted by molar-refractivity contribution is 5.58. The number of hydrogen-bond donors (Lipinski definition) is 0. The van der Waals surface area contributed by atoms with E-state index in [1.54, 1.807) is 20.5 Å². The second-order valence-electron chi connectivity index (χ2n) is 9.83. The third kappa shape index (κ3) is 4.43. The standard InChI is InChI=1S/C28H33N7O2/c1-19-17-34(18-29-19)24-11-10-23(30-28(24)37-3)26-31-27-21(8-7-15-35(27)32-26)22-16-20(9-12-25(22)36-2)33-13-5-4-6-14-33/h9-12,16-18,21H,4-8,13-15H2,1-3H3/t21-/m1/s1. The molecular formula is C28H33N7O2. The Balaban J connectivity index is 1.36. The number of benzene rings is 1. The number of piperidine rings is 1. The van der Waals surface area contributed by atoms with Crippen LogP contribution in [-0.4, -0.2) is 56.6 Å². The predicted molar refractivity (Wildman–Crippen MR) is 142 cm³/mol. The van der Waals surface area contributed by atoms with Gasteiger partial charge in [0, 0.05) is 43.0 Å². The molecule has 9 nitrogen and oxygen atoms in total. The number of rotatable bonds is 6. The lowest BCUT2D eigenvalue weighted by Crippen LogP contribution is -2.29. The molecule has 0 saturated carbocycles. The molecule has 1 fully saturated rings. The zero-order valence-electron chi connectivity index (χ0n) is 21.7. The van der Waals surface area contributed by atoms with Crippen LogP contribution in [0.15, 0.2) is 42.9 Å². The minimum Gasteiger partial charge on any atom is -0.496 e. The molecule has 0 N–H and O–H groups in total. The van der Waals surface area contributed by atoms with E-state index in [1.165, 1.54) is 30.5 Å². The summed E-state index contributed by atoms with van der Waals surface area (Å²) in [7, 11) is 3.38. The predicted octanol–water partition coefficient (Wildman–Crippen LogP) is 4.77. The van der Waals surface area contributed by atoms with Crippen LogP contribution in [0.5, 0.6) is 11.6 Å². The first-order chi connectivity index (χ1) is 18.1. The molecule has 6 rings (SSSR count). The van der Waals surface area contributed by atoms with Crippen LogP contribution < -0.4 is 14.4 Å². The Hall–Kier alpha value is -3.88. The Bertz CT molecular complexity index is 1400. The summed E-state index contributed by atoms with van der Waals surface area (Å²) in [6, 6.07) is 10.5. The summed E-state index contributed by atoms with van der Waals surface area (Å²) in [5.41, 5.74) is 4.89. The summed E-state index contributed by atoms with van der Waals surface area (Å²) >= 11 is 0. The van der Waals surface area contributed by atoms with Gasteiger partial charge in [0.05, 0.1) is 26.2 Å². The van der Waals surface area contributed by atoms with Gasteiger partial charge < -0.3 is 18.9 Å². The first kappa shape index (κ1) is 23.5. The largest absolute Gasteiger partial charge is 0.496 e. The van der Waals surface area contributed by atoms with Gasteiger partial charge in [-0.05, 0) is 69.4 Å². The lowest BCUT2D eigenvalue weighted by atomic mass is 9.90. The van der Waals surface area contributed by atoms with Gasteiger partial charge in [-0.2, -0.15) is 0 Å². The number of aromatic nitrogens is 6. The van der Waals surface area contributed by atoms with Crippen LogP contribution in [0.25, 0.3) is 17.2 Å². The van der Waals surface area contributed by atoms with Gasteiger partial charge in [0.2, 0.25) is 5.88 Å².